The molecule has 0 aliphatic rings. The molecule has 0 bridgehead atoms. The third-order valence-electron chi connectivity index (χ3n) is 4.69. The van der Waals surface area contributed by atoms with Crippen LogP contribution in [0.15, 0.2) is 53.5 Å². The molecule has 2 heterocycles. The number of anilines is 2. The predicted octanol–water partition coefficient (Wildman–Crippen LogP) is 7.40. The molecule has 0 unspecified atom stereocenters. The number of fused-ring (bicyclic) bond motifs is 1. The molecule has 0 spiro atoms. The number of alkyl halides is 6. The average molecular weight is 562 g/mol. The van der Waals surface area contributed by atoms with Gasteiger partial charge in [0.25, 0.3) is 0 Å². The summed E-state index contributed by atoms with van der Waals surface area (Å²) in [7, 11) is 0. The van der Waals surface area contributed by atoms with Gasteiger partial charge < -0.3 is 20.4 Å². The number of carbonyl (C=O) groups is 1. The van der Waals surface area contributed by atoms with E-state index in [-0.39, 0.29) is 28.4 Å². The monoisotopic (exact) mass is 561 g/mol. The average Bonchev–Trinajstić information content (AvgIpc) is 3.22. The van der Waals surface area contributed by atoms with Crippen LogP contribution >= 0.6 is 11.6 Å². The molecule has 0 saturated carbocycles. The Labute approximate surface area is 215 Å². The largest absolute Gasteiger partial charge is 0.455 e. The summed E-state index contributed by atoms with van der Waals surface area (Å²) < 4.78 is 85.6. The van der Waals surface area contributed by atoms with Crippen LogP contribution in [-0.2, 0) is 12.4 Å². The Hall–Kier alpha value is -4.20. The number of carbonyl (C=O) groups excluding carboxylic acids is 1. The number of halogens is 7. The van der Waals surface area contributed by atoms with E-state index in [2.05, 4.69) is 15.0 Å². The molecule has 0 radical (unpaired) electrons. The maximum absolute atomic E-state index is 13.7. The minimum Gasteiger partial charge on any atom is -0.455 e. The van der Waals surface area contributed by atoms with Crippen LogP contribution in [0.4, 0.5) is 42.5 Å². The maximum Gasteiger partial charge on any atom is 0.418 e. The summed E-state index contributed by atoms with van der Waals surface area (Å²) in [6, 6.07) is 5.21. The molecular formula is C23H18ClF6N5O3. The van der Waals surface area contributed by atoms with E-state index in [0.29, 0.717) is 12.1 Å². The van der Waals surface area contributed by atoms with Crippen molar-refractivity contribution < 1.29 is 35.9 Å². The molecule has 202 valence electrons. The normalized spacial score (nSPS) is 11.5. The Kier molecular flexibility index (Phi) is 8.25. The maximum atomic E-state index is 13.7. The SMILES string of the molecule is CC.O=C(Nc1ccc(Cl)c(C(F)(F)F)c1)Nc1ccc(Oc2ccnc3[nH]c(=O)[nH]c23)cc1C(F)(F)F. The lowest BCUT2D eigenvalue weighted by Crippen LogP contribution is -2.22. The number of imidazole rings is 1. The van der Waals surface area contributed by atoms with Crippen molar-refractivity contribution in [2.24, 2.45) is 0 Å². The molecule has 2 amide bonds. The Bertz CT molecular complexity index is 1510. The number of nitrogens with zero attached hydrogens (tertiary/aromatic N) is 1. The number of nitrogens with one attached hydrogen (secondary N) is 4. The topological polar surface area (TPSA) is 112 Å². The summed E-state index contributed by atoms with van der Waals surface area (Å²) in [5.41, 5.74) is -3.91. The molecule has 0 fully saturated rings. The van der Waals surface area contributed by atoms with Gasteiger partial charge in [-0.05, 0) is 36.4 Å². The van der Waals surface area contributed by atoms with E-state index in [9.17, 15) is 35.9 Å². The lowest BCUT2D eigenvalue weighted by Gasteiger charge is -2.17. The van der Waals surface area contributed by atoms with Crippen molar-refractivity contribution in [3.63, 3.8) is 0 Å². The summed E-state index contributed by atoms with van der Waals surface area (Å²) in [5, 5.41) is 3.38. The molecule has 4 rings (SSSR count). The number of urea groups is 1. The van der Waals surface area contributed by atoms with E-state index < -0.39 is 45.9 Å². The number of pyridine rings is 1. The Morgan fingerprint density at radius 2 is 1.61 bits per heavy atom. The Morgan fingerprint density at radius 1 is 0.921 bits per heavy atom. The molecule has 0 saturated heterocycles. The molecule has 2 aromatic heterocycles. The Balaban J connectivity index is 0.00000195. The van der Waals surface area contributed by atoms with Gasteiger partial charge in [-0.2, -0.15) is 26.3 Å². The third kappa shape index (κ3) is 6.56. The fourth-order valence-corrected chi connectivity index (χ4v) is 3.38. The number of hydrogen-bond acceptors (Lipinski definition) is 4. The zero-order chi connectivity index (χ0) is 28.3. The van der Waals surface area contributed by atoms with Crippen molar-refractivity contribution in [2.75, 3.05) is 10.6 Å². The minimum atomic E-state index is -4.94. The van der Waals surface area contributed by atoms with Crippen molar-refractivity contribution in [1.29, 1.82) is 0 Å². The van der Waals surface area contributed by atoms with Gasteiger partial charge in [0.1, 0.15) is 11.3 Å². The van der Waals surface area contributed by atoms with Crippen LogP contribution < -0.4 is 21.1 Å². The first-order valence-electron chi connectivity index (χ1n) is 10.7. The van der Waals surface area contributed by atoms with Gasteiger partial charge in [0, 0.05) is 18.0 Å². The number of ether oxygens (including phenoxy) is 1. The number of rotatable bonds is 4. The van der Waals surface area contributed by atoms with Crippen LogP contribution in [0.3, 0.4) is 0 Å². The molecule has 0 aliphatic carbocycles. The molecule has 4 N–H and O–H groups in total. The summed E-state index contributed by atoms with van der Waals surface area (Å²) in [6.07, 6.45) is -8.48. The van der Waals surface area contributed by atoms with Crippen LogP contribution in [0.2, 0.25) is 5.02 Å². The van der Waals surface area contributed by atoms with E-state index in [0.717, 1.165) is 24.3 Å². The number of amides is 2. The van der Waals surface area contributed by atoms with Crippen molar-refractivity contribution in [2.45, 2.75) is 26.2 Å². The minimum absolute atomic E-state index is 0.00753. The molecule has 8 nitrogen and oxygen atoms in total. The van der Waals surface area contributed by atoms with Crippen LogP contribution in [0.5, 0.6) is 11.5 Å². The number of benzene rings is 2. The fraction of sp³-hybridized carbons (Fsp3) is 0.174. The van der Waals surface area contributed by atoms with Gasteiger partial charge in [0.05, 0.1) is 21.8 Å². The zero-order valence-electron chi connectivity index (χ0n) is 19.4. The van der Waals surface area contributed by atoms with Gasteiger partial charge in [-0.25, -0.2) is 14.6 Å². The van der Waals surface area contributed by atoms with E-state index >= 15 is 0 Å². The highest BCUT2D eigenvalue weighted by molar-refractivity contribution is 6.31. The van der Waals surface area contributed by atoms with Gasteiger partial charge in [-0.1, -0.05) is 25.4 Å². The summed E-state index contributed by atoms with van der Waals surface area (Å²) in [6.45, 7) is 4.00. The number of aromatic nitrogens is 3. The molecule has 4 aromatic rings. The lowest BCUT2D eigenvalue weighted by molar-refractivity contribution is -0.138. The second kappa shape index (κ2) is 11.0. The van der Waals surface area contributed by atoms with E-state index in [1.54, 1.807) is 0 Å². The highest BCUT2D eigenvalue weighted by Gasteiger charge is 2.35. The van der Waals surface area contributed by atoms with Crippen molar-refractivity contribution in [1.82, 2.24) is 15.0 Å². The molecule has 38 heavy (non-hydrogen) atoms. The van der Waals surface area contributed by atoms with Crippen molar-refractivity contribution in [3.8, 4) is 11.5 Å². The van der Waals surface area contributed by atoms with E-state index in [1.807, 2.05) is 24.5 Å². The van der Waals surface area contributed by atoms with Gasteiger partial charge in [0.15, 0.2) is 11.4 Å². The van der Waals surface area contributed by atoms with Crippen molar-refractivity contribution >= 4 is 40.2 Å². The van der Waals surface area contributed by atoms with E-state index in [1.165, 1.54) is 12.3 Å². The first-order valence-corrected chi connectivity index (χ1v) is 11.1. The highest BCUT2D eigenvalue weighted by Crippen LogP contribution is 2.39. The number of hydrogen-bond donors (Lipinski definition) is 4. The first-order chi connectivity index (χ1) is 17.8. The van der Waals surface area contributed by atoms with Crippen LogP contribution in [0.1, 0.15) is 25.0 Å². The third-order valence-corrected chi connectivity index (χ3v) is 5.01. The fourth-order valence-electron chi connectivity index (χ4n) is 3.16. The van der Waals surface area contributed by atoms with Crippen molar-refractivity contribution in [3.05, 3.63) is 75.3 Å². The van der Waals surface area contributed by atoms with Gasteiger partial charge in [-0.3, -0.25) is 4.98 Å². The number of aromatic amines is 2. The second-order valence-corrected chi connectivity index (χ2v) is 7.60. The highest BCUT2D eigenvalue weighted by atomic mass is 35.5. The quantitative estimate of drug-likeness (QED) is 0.194. The summed E-state index contributed by atoms with van der Waals surface area (Å²) in [5.74, 6) is -0.275. The molecule has 0 aliphatic heterocycles. The van der Waals surface area contributed by atoms with Crippen LogP contribution in [0, 0.1) is 0 Å². The van der Waals surface area contributed by atoms with Crippen LogP contribution in [0.25, 0.3) is 11.2 Å². The zero-order valence-corrected chi connectivity index (χ0v) is 20.2. The van der Waals surface area contributed by atoms with Gasteiger partial charge in [-0.15, -0.1) is 0 Å². The number of H-pyrrole nitrogens is 2. The van der Waals surface area contributed by atoms with E-state index in [4.69, 9.17) is 16.3 Å². The van der Waals surface area contributed by atoms with Gasteiger partial charge in [0.2, 0.25) is 0 Å². The van der Waals surface area contributed by atoms with Gasteiger partial charge >= 0.3 is 24.1 Å². The summed E-state index contributed by atoms with van der Waals surface area (Å²) in [4.78, 5) is 32.4. The molecular weight excluding hydrogens is 544 g/mol. The predicted molar refractivity (Wildman–Crippen MR) is 129 cm³/mol. The standard InChI is InChI=1S/C21H12ClF6N5O3.C2H6/c22-13-3-1-9(7-11(13)20(23,24)25)30-18(34)31-14-4-2-10(8-12(14)21(26,27)28)36-15-5-6-29-17-16(15)32-19(35)33-17;1-2/h1-8H,(H2,30,31,34)(H2,29,32,33,35);1-2H3. The summed E-state index contributed by atoms with van der Waals surface area (Å²) >= 11 is 5.52. The molecule has 15 heteroatoms. The first kappa shape index (κ1) is 28.4. The van der Waals surface area contributed by atoms with Crippen LogP contribution in [-0.4, -0.2) is 21.0 Å². The smallest absolute Gasteiger partial charge is 0.418 e. The molecule has 0 atom stereocenters. The Morgan fingerprint density at radius 3 is 2.26 bits per heavy atom. The lowest BCUT2D eigenvalue weighted by atomic mass is 10.1. The molecule has 2 aromatic carbocycles. The second-order valence-electron chi connectivity index (χ2n) is 7.19.